The molecule has 5 heteroatoms. The summed E-state index contributed by atoms with van der Waals surface area (Å²) in [6.07, 6.45) is 0.189. The lowest BCUT2D eigenvalue weighted by Gasteiger charge is -1.95. The molecule has 0 aromatic rings. The second kappa shape index (κ2) is 3.49. The minimum Gasteiger partial charge on any atom is -0.514 e. The Morgan fingerprint density at radius 2 is 2.00 bits per heavy atom. The summed E-state index contributed by atoms with van der Waals surface area (Å²) >= 11 is 0. The molecule has 0 saturated carbocycles. The fourth-order valence-corrected chi connectivity index (χ4v) is 0.305. The second-order valence-corrected chi connectivity index (χ2v) is 1.34. The van der Waals surface area contributed by atoms with Crippen LogP contribution in [0.5, 0.6) is 0 Å². The van der Waals surface area contributed by atoms with Gasteiger partial charge in [0.05, 0.1) is 7.11 Å². The van der Waals surface area contributed by atoms with Gasteiger partial charge in [-0.1, -0.05) is 0 Å². The molecule has 0 rings (SSSR count). The van der Waals surface area contributed by atoms with Crippen LogP contribution >= 0.6 is 0 Å². The summed E-state index contributed by atoms with van der Waals surface area (Å²) in [4.78, 5) is 20.4. The van der Waals surface area contributed by atoms with Gasteiger partial charge in [-0.2, -0.15) is 0 Å². The van der Waals surface area contributed by atoms with E-state index in [0.29, 0.717) is 0 Å². The van der Waals surface area contributed by atoms with E-state index in [1.165, 1.54) is 0 Å². The third kappa shape index (κ3) is 1.77. The number of carbonyl (C=O) groups excluding carboxylic acids is 1. The molecule has 10 heavy (non-hydrogen) atoms. The normalized spacial score (nSPS) is 10.7. The summed E-state index contributed by atoms with van der Waals surface area (Å²) in [5, 5.41) is 16.3. The lowest BCUT2D eigenvalue weighted by molar-refractivity contribution is -0.142. The standard InChI is InChI=1S/C5H6O5/c1-10-5(9)3(2-6)4(7)8/h2,6H,1H3,(H,7,8)/b3-2-. The number of methoxy groups -OCH3 is 1. The van der Waals surface area contributed by atoms with Crippen molar-refractivity contribution in [3.05, 3.63) is 11.8 Å². The van der Waals surface area contributed by atoms with E-state index in [2.05, 4.69) is 4.74 Å². The van der Waals surface area contributed by atoms with Gasteiger partial charge in [-0.15, -0.1) is 0 Å². The van der Waals surface area contributed by atoms with Gasteiger partial charge >= 0.3 is 11.9 Å². The van der Waals surface area contributed by atoms with E-state index < -0.39 is 17.5 Å². The van der Waals surface area contributed by atoms with E-state index in [4.69, 9.17) is 10.2 Å². The molecule has 0 saturated heterocycles. The molecule has 0 aliphatic rings. The average Bonchev–Trinajstić information content (AvgIpc) is 1.88. The zero-order valence-electron chi connectivity index (χ0n) is 5.20. The number of carboxylic acids is 1. The van der Waals surface area contributed by atoms with Crippen molar-refractivity contribution in [3.63, 3.8) is 0 Å². The highest BCUT2D eigenvalue weighted by Crippen LogP contribution is 1.94. The topological polar surface area (TPSA) is 83.8 Å². The van der Waals surface area contributed by atoms with Gasteiger partial charge in [0.2, 0.25) is 0 Å². The number of hydrogen-bond acceptors (Lipinski definition) is 4. The number of aliphatic hydroxyl groups is 1. The lowest BCUT2D eigenvalue weighted by atomic mass is 10.3. The SMILES string of the molecule is COC(=O)/C(=C\O)C(=O)O. The van der Waals surface area contributed by atoms with E-state index in [1.54, 1.807) is 0 Å². The summed E-state index contributed by atoms with van der Waals surface area (Å²) in [5.41, 5.74) is -0.789. The van der Waals surface area contributed by atoms with E-state index in [1.807, 2.05) is 0 Å². The van der Waals surface area contributed by atoms with Gasteiger partial charge in [0, 0.05) is 0 Å². The molecule has 0 radical (unpaired) electrons. The Morgan fingerprint density at radius 3 is 2.10 bits per heavy atom. The highest BCUT2D eigenvalue weighted by atomic mass is 16.5. The first-order valence-electron chi connectivity index (χ1n) is 2.29. The molecular weight excluding hydrogens is 140 g/mol. The number of ether oxygens (including phenoxy) is 1. The number of esters is 1. The molecule has 0 bridgehead atoms. The molecule has 0 heterocycles. The minimum atomic E-state index is -1.52. The van der Waals surface area contributed by atoms with E-state index in [9.17, 15) is 9.59 Å². The first kappa shape index (κ1) is 8.48. The number of carbonyl (C=O) groups is 2. The Bertz CT molecular complexity index is 180. The van der Waals surface area contributed by atoms with Gasteiger partial charge in [0.1, 0.15) is 6.26 Å². The van der Waals surface area contributed by atoms with Crippen molar-refractivity contribution < 1.29 is 24.5 Å². The molecule has 0 unspecified atom stereocenters. The zero-order chi connectivity index (χ0) is 8.15. The first-order chi connectivity index (χ1) is 4.63. The largest absolute Gasteiger partial charge is 0.514 e. The lowest BCUT2D eigenvalue weighted by Crippen LogP contribution is -2.13. The molecule has 0 aromatic carbocycles. The predicted molar refractivity (Wildman–Crippen MR) is 30.4 cm³/mol. The van der Waals surface area contributed by atoms with Crippen LogP contribution in [0.2, 0.25) is 0 Å². The Morgan fingerprint density at radius 1 is 1.50 bits per heavy atom. The molecule has 0 aromatic heterocycles. The first-order valence-corrected chi connectivity index (χ1v) is 2.29. The Hall–Kier alpha value is -1.52. The fraction of sp³-hybridized carbons (Fsp3) is 0.200. The van der Waals surface area contributed by atoms with Crippen molar-refractivity contribution in [2.24, 2.45) is 0 Å². The molecular formula is C5H6O5. The maximum Gasteiger partial charge on any atom is 0.348 e. The van der Waals surface area contributed by atoms with Crippen LogP contribution in [0.15, 0.2) is 11.8 Å². The van der Waals surface area contributed by atoms with E-state index >= 15 is 0 Å². The van der Waals surface area contributed by atoms with Crippen LogP contribution in [0, 0.1) is 0 Å². The Labute approximate surface area is 56.5 Å². The van der Waals surface area contributed by atoms with E-state index in [-0.39, 0.29) is 6.26 Å². The third-order valence-electron chi connectivity index (χ3n) is 0.765. The van der Waals surface area contributed by atoms with Gasteiger partial charge in [-0.25, -0.2) is 9.59 Å². The van der Waals surface area contributed by atoms with Crippen molar-refractivity contribution in [2.45, 2.75) is 0 Å². The fourth-order valence-electron chi connectivity index (χ4n) is 0.305. The van der Waals surface area contributed by atoms with Crippen LogP contribution in [0.25, 0.3) is 0 Å². The monoisotopic (exact) mass is 146 g/mol. The number of rotatable bonds is 2. The van der Waals surface area contributed by atoms with Crippen molar-refractivity contribution in [1.82, 2.24) is 0 Å². The van der Waals surface area contributed by atoms with Crippen molar-refractivity contribution >= 4 is 11.9 Å². The molecule has 2 N–H and O–H groups in total. The highest BCUT2D eigenvalue weighted by Gasteiger charge is 2.17. The summed E-state index contributed by atoms with van der Waals surface area (Å²) < 4.78 is 4.02. The van der Waals surface area contributed by atoms with Gasteiger partial charge in [0.15, 0.2) is 5.57 Å². The van der Waals surface area contributed by atoms with Crippen LogP contribution in [0.3, 0.4) is 0 Å². The Balaban J connectivity index is 4.39. The molecule has 0 spiro atoms. The van der Waals surface area contributed by atoms with Gasteiger partial charge < -0.3 is 14.9 Å². The number of carboxylic acid groups (broad SMARTS) is 1. The van der Waals surface area contributed by atoms with Gasteiger partial charge in [-0.05, 0) is 0 Å². The van der Waals surface area contributed by atoms with Crippen LogP contribution in [0.1, 0.15) is 0 Å². The summed E-state index contributed by atoms with van der Waals surface area (Å²) in [7, 11) is 1.02. The number of hydrogen-bond donors (Lipinski definition) is 2. The average molecular weight is 146 g/mol. The van der Waals surface area contributed by atoms with E-state index in [0.717, 1.165) is 7.11 Å². The minimum absolute atomic E-state index is 0.189. The summed E-state index contributed by atoms with van der Waals surface area (Å²) in [6, 6.07) is 0. The van der Waals surface area contributed by atoms with Gasteiger partial charge in [0.25, 0.3) is 0 Å². The van der Waals surface area contributed by atoms with Crippen LogP contribution in [-0.4, -0.2) is 29.3 Å². The van der Waals surface area contributed by atoms with Crippen molar-refractivity contribution in [3.8, 4) is 0 Å². The zero-order valence-corrected chi connectivity index (χ0v) is 5.20. The molecule has 0 aliphatic carbocycles. The maximum absolute atomic E-state index is 10.4. The quantitative estimate of drug-likeness (QED) is 0.183. The third-order valence-corrected chi connectivity index (χ3v) is 0.765. The number of aliphatic hydroxyl groups excluding tert-OH is 1. The van der Waals surface area contributed by atoms with Crippen molar-refractivity contribution in [1.29, 1.82) is 0 Å². The molecule has 0 fully saturated rings. The number of aliphatic carboxylic acids is 1. The van der Waals surface area contributed by atoms with Gasteiger partial charge in [-0.3, -0.25) is 0 Å². The summed E-state index contributed by atoms with van der Waals surface area (Å²) in [5.74, 6) is -2.59. The molecule has 5 nitrogen and oxygen atoms in total. The highest BCUT2D eigenvalue weighted by molar-refractivity contribution is 6.12. The second-order valence-electron chi connectivity index (χ2n) is 1.34. The smallest absolute Gasteiger partial charge is 0.348 e. The molecule has 0 aliphatic heterocycles. The molecule has 0 atom stereocenters. The summed E-state index contributed by atoms with van der Waals surface area (Å²) in [6.45, 7) is 0. The molecule has 56 valence electrons. The van der Waals surface area contributed by atoms with Crippen LogP contribution in [-0.2, 0) is 14.3 Å². The predicted octanol–water partition coefficient (Wildman–Crippen LogP) is -0.314. The molecule has 0 amide bonds. The van der Waals surface area contributed by atoms with Crippen LogP contribution < -0.4 is 0 Å². The Kier molecular flexibility index (Phi) is 2.96. The van der Waals surface area contributed by atoms with Crippen molar-refractivity contribution in [2.75, 3.05) is 7.11 Å². The van der Waals surface area contributed by atoms with Crippen LogP contribution in [0.4, 0.5) is 0 Å². The maximum atomic E-state index is 10.4.